The quantitative estimate of drug-likeness (QED) is 0.423. The van der Waals surface area contributed by atoms with Crippen molar-refractivity contribution < 1.29 is 33.3 Å². The van der Waals surface area contributed by atoms with Crippen LogP contribution in [0.25, 0.3) is 10.9 Å². The number of ether oxygens (including phenoxy) is 2. The second-order valence-electron chi connectivity index (χ2n) is 10.6. The van der Waals surface area contributed by atoms with E-state index in [0.29, 0.717) is 30.6 Å². The number of rotatable bonds is 8. The van der Waals surface area contributed by atoms with Crippen LogP contribution in [-0.4, -0.2) is 40.2 Å². The van der Waals surface area contributed by atoms with E-state index in [1.54, 1.807) is 6.07 Å². The van der Waals surface area contributed by atoms with Gasteiger partial charge in [0.2, 0.25) is 5.91 Å². The zero-order chi connectivity index (χ0) is 25.9. The summed E-state index contributed by atoms with van der Waals surface area (Å²) in [6, 6.07) is 12.1. The second kappa shape index (κ2) is 8.45. The number of carbonyl (C=O) groups is 1. The first kappa shape index (κ1) is 24.5. The summed E-state index contributed by atoms with van der Waals surface area (Å²) in [7, 11) is 0. The van der Waals surface area contributed by atoms with Crippen LogP contribution in [0.3, 0.4) is 0 Å². The Morgan fingerprint density at radius 3 is 2.50 bits per heavy atom. The molecule has 1 aliphatic heterocycles. The maximum Gasteiger partial charge on any atom is 0.586 e. The van der Waals surface area contributed by atoms with Crippen LogP contribution in [0.15, 0.2) is 42.5 Å². The van der Waals surface area contributed by atoms with Gasteiger partial charge in [-0.15, -0.1) is 8.78 Å². The zero-order valence-corrected chi connectivity index (χ0v) is 20.5. The van der Waals surface area contributed by atoms with E-state index in [1.807, 2.05) is 45.0 Å². The van der Waals surface area contributed by atoms with Crippen molar-refractivity contribution in [3.63, 3.8) is 0 Å². The molecule has 1 aromatic heterocycles. The number of fused-ring (bicyclic) bond motifs is 2. The van der Waals surface area contributed by atoms with Crippen molar-refractivity contribution in [2.45, 2.75) is 57.3 Å². The average molecular weight is 501 g/mol. The molecule has 1 amide bonds. The molecule has 1 saturated carbocycles. The maximum absolute atomic E-state index is 13.4. The summed E-state index contributed by atoms with van der Waals surface area (Å²) >= 11 is 0. The molecule has 3 aromatic rings. The van der Waals surface area contributed by atoms with Crippen molar-refractivity contribution in [3.05, 3.63) is 53.7 Å². The normalized spacial score (nSPS) is 18.3. The Morgan fingerprint density at radius 2 is 1.83 bits per heavy atom. The lowest BCUT2D eigenvalue weighted by molar-refractivity contribution is -0.286. The molecule has 192 valence electrons. The number of alkyl halides is 2. The van der Waals surface area contributed by atoms with Crippen LogP contribution in [-0.2, 0) is 22.2 Å². The Kier molecular flexibility index (Phi) is 5.76. The third-order valence-electron chi connectivity index (χ3n) is 7.19. The number of hydrogen-bond donors (Lipinski definition) is 3. The molecule has 9 heteroatoms. The van der Waals surface area contributed by atoms with Crippen LogP contribution in [0, 0.1) is 5.92 Å². The number of amides is 1. The standard InChI is InChI=1S/C27H30F2N2O5/c1-16(14-32)13-31-20-6-5-19(10-17(20)11-23(31)25(2,3)15-33)30-24(34)26(8-9-26)18-4-7-21-22(12-18)36-27(28,29)35-21/h4-7,10-12,16,32-33H,8-9,13-15H2,1-3H3,(H,30,34)/t16-/m1/s1. The molecule has 0 unspecified atom stereocenters. The lowest BCUT2D eigenvalue weighted by Crippen LogP contribution is -2.28. The molecule has 0 spiro atoms. The number of aliphatic hydroxyl groups excluding tert-OH is 2. The van der Waals surface area contributed by atoms with Crippen molar-refractivity contribution >= 4 is 22.5 Å². The highest BCUT2D eigenvalue weighted by Gasteiger charge is 2.52. The number of anilines is 1. The molecule has 2 aliphatic rings. The van der Waals surface area contributed by atoms with Crippen molar-refractivity contribution in [3.8, 4) is 11.5 Å². The molecule has 1 aliphatic carbocycles. The summed E-state index contributed by atoms with van der Waals surface area (Å²) in [5, 5.41) is 23.5. The fraction of sp³-hybridized carbons (Fsp3) is 0.444. The predicted octanol–water partition coefficient (Wildman–Crippen LogP) is 4.53. The molecular weight excluding hydrogens is 470 g/mol. The Morgan fingerprint density at radius 1 is 1.11 bits per heavy atom. The van der Waals surface area contributed by atoms with Crippen molar-refractivity contribution in [2.24, 2.45) is 5.92 Å². The van der Waals surface area contributed by atoms with E-state index in [-0.39, 0.29) is 36.5 Å². The van der Waals surface area contributed by atoms with E-state index < -0.39 is 17.1 Å². The number of nitrogens with one attached hydrogen (secondary N) is 1. The number of aromatic nitrogens is 1. The molecule has 2 heterocycles. The van der Waals surface area contributed by atoms with Gasteiger partial charge in [-0.2, -0.15) is 0 Å². The van der Waals surface area contributed by atoms with Gasteiger partial charge in [-0.05, 0) is 60.7 Å². The van der Waals surface area contributed by atoms with E-state index in [1.165, 1.54) is 12.1 Å². The topological polar surface area (TPSA) is 93.0 Å². The maximum atomic E-state index is 13.4. The van der Waals surface area contributed by atoms with Crippen LogP contribution in [0.2, 0.25) is 0 Å². The van der Waals surface area contributed by atoms with E-state index in [9.17, 15) is 23.8 Å². The third kappa shape index (κ3) is 4.20. The van der Waals surface area contributed by atoms with Gasteiger partial charge in [0, 0.05) is 40.9 Å². The first-order valence-electron chi connectivity index (χ1n) is 12.1. The third-order valence-corrected chi connectivity index (χ3v) is 7.19. The summed E-state index contributed by atoms with van der Waals surface area (Å²) in [6.45, 7) is 6.49. The summed E-state index contributed by atoms with van der Waals surface area (Å²) in [6.07, 6.45) is -2.51. The summed E-state index contributed by atoms with van der Waals surface area (Å²) in [5.74, 6) is -0.302. The van der Waals surface area contributed by atoms with Gasteiger partial charge in [-0.3, -0.25) is 4.79 Å². The van der Waals surface area contributed by atoms with Gasteiger partial charge in [0.25, 0.3) is 0 Å². The number of halogens is 2. The molecule has 0 saturated heterocycles. The summed E-state index contributed by atoms with van der Waals surface area (Å²) in [4.78, 5) is 13.3. The van der Waals surface area contributed by atoms with Crippen molar-refractivity contribution in [1.82, 2.24) is 4.57 Å². The Labute approximate surface area is 207 Å². The zero-order valence-electron chi connectivity index (χ0n) is 20.5. The molecule has 36 heavy (non-hydrogen) atoms. The molecule has 1 fully saturated rings. The molecule has 3 N–H and O–H groups in total. The van der Waals surface area contributed by atoms with E-state index >= 15 is 0 Å². The molecular formula is C27H30F2N2O5. The van der Waals surface area contributed by atoms with Crippen LogP contribution in [0.1, 0.15) is 44.9 Å². The second-order valence-corrected chi connectivity index (χ2v) is 10.6. The number of carbonyl (C=O) groups excluding carboxylic acids is 1. The molecule has 5 rings (SSSR count). The fourth-order valence-corrected chi connectivity index (χ4v) is 4.83. The monoisotopic (exact) mass is 500 g/mol. The Balaban J connectivity index is 1.42. The van der Waals surface area contributed by atoms with Gasteiger partial charge >= 0.3 is 6.29 Å². The van der Waals surface area contributed by atoms with Crippen molar-refractivity contribution in [2.75, 3.05) is 18.5 Å². The fourth-order valence-electron chi connectivity index (χ4n) is 4.83. The molecule has 1 atom stereocenters. The number of hydrogen-bond acceptors (Lipinski definition) is 5. The highest BCUT2D eigenvalue weighted by atomic mass is 19.3. The van der Waals surface area contributed by atoms with Gasteiger partial charge in [0.05, 0.1) is 12.0 Å². The lowest BCUT2D eigenvalue weighted by Gasteiger charge is -2.25. The molecule has 7 nitrogen and oxygen atoms in total. The molecule has 0 bridgehead atoms. The minimum atomic E-state index is -3.70. The minimum absolute atomic E-state index is 0.0320. The SMILES string of the molecule is C[C@@H](CO)Cn1c(C(C)(C)CO)cc2cc(NC(=O)C3(c4ccc5c(c4)OC(F)(F)O5)CC3)ccc21. The highest BCUT2D eigenvalue weighted by molar-refractivity contribution is 6.02. The van der Waals surface area contributed by atoms with Crippen molar-refractivity contribution in [1.29, 1.82) is 0 Å². The molecule has 2 aromatic carbocycles. The predicted molar refractivity (Wildman–Crippen MR) is 130 cm³/mol. The lowest BCUT2D eigenvalue weighted by atomic mass is 9.90. The number of nitrogens with zero attached hydrogens (tertiary/aromatic N) is 1. The summed E-state index contributed by atoms with van der Waals surface area (Å²) < 4.78 is 38.0. The van der Waals surface area contributed by atoms with Crippen LogP contribution in [0.4, 0.5) is 14.5 Å². The summed E-state index contributed by atoms with van der Waals surface area (Å²) in [5.41, 5.74) is 1.81. The largest absolute Gasteiger partial charge is 0.586 e. The van der Waals surface area contributed by atoms with Gasteiger partial charge in [-0.1, -0.05) is 26.8 Å². The van der Waals surface area contributed by atoms with Crippen LogP contribution >= 0.6 is 0 Å². The van der Waals surface area contributed by atoms with Crippen LogP contribution < -0.4 is 14.8 Å². The van der Waals surface area contributed by atoms with E-state index in [0.717, 1.165) is 16.6 Å². The van der Waals surface area contributed by atoms with E-state index in [4.69, 9.17) is 0 Å². The van der Waals surface area contributed by atoms with Gasteiger partial charge in [0.15, 0.2) is 11.5 Å². The first-order chi connectivity index (χ1) is 17.0. The van der Waals surface area contributed by atoms with Gasteiger partial charge in [-0.25, -0.2) is 0 Å². The highest BCUT2D eigenvalue weighted by Crippen LogP contribution is 2.52. The average Bonchev–Trinajstić information content (AvgIpc) is 3.48. The number of benzene rings is 2. The Hall–Kier alpha value is -3.17. The minimum Gasteiger partial charge on any atom is -0.396 e. The smallest absolute Gasteiger partial charge is 0.396 e. The first-order valence-corrected chi connectivity index (χ1v) is 12.1. The Bertz CT molecular complexity index is 1330. The van der Waals surface area contributed by atoms with Gasteiger partial charge < -0.3 is 29.6 Å². The van der Waals surface area contributed by atoms with Gasteiger partial charge in [0.1, 0.15) is 0 Å². The number of aliphatic hydroxyl groups is 2. The van der Waals surface area contributed by atoms with Crippen LogP contribution in [0.5, 0.6) is 11.5 Å². The van der Waals surface area contributed by atoms with E-state index in [2.05, 4.69) is 19.4 Å². The molecule has 0 radical (unpaired) electrons.